The number of cyclic esters (lactones) is 1. The van der Waals surface area contributed by atoms with Gasteiger partial charge in [-0.1, -0.05) is 85.0 Å². The van der Waals surface area contributed by atoms with E-state index >= 15 is 0 Å². The van der Waals surface area contributed by atoms with Gasteiger partial charge < -0.3 is 29.7 Å². The standard InChI is InChI=1S/C37H37N3O7/c1-23-21-38-30(42)15-8-7-14-29-31(36(45)46-23)32-34(43)40(28(22-41)25-11-3-2-4-12-25)33-35(44)39(19-9-18-37(32,33)47-29)27-17-16-24-10-5-6-13-26(24)20-27/h2-7,9-14,16-18,20,23,28-29,31-33,41H,8,15,19,21-22H2,1H3,(H,38,42)/b14-7-/t23-,28-,29-,31+,32+,33-,37+/m1/s1. The summed E-state index contributed by atoms with van der Waals surface area (Å²) >= 11 is 0. The van der Waals surface area contributed by atoms with Gasteiger partial charge in [0.05, 0.1) is 31.2 Å². The molecule has 7 rings (SSSR count). The summed E-state index contributed by atoms with van der Waals surface area (Å²) in [5.41, 5.74) is -0.224. The molecule has 3 amide bonds. The van der Waals surface area contributed by atoms with Gasteiger partial charge in [0.1, 0.15) is 23.7 Å². The number of rotatable bonds is 4. The zero-order valence-corrected chi connectivity index (χ0v) is 26.0. The van der Waals surface area contributed by atoms with Gasteiger partial charge in [0.25, 0.3) is 5.91 Å². The average molecular weight is 636 g/mol. The minimum absolute atomic E-state index is 0.130. The summed E-state index contributed by atoms with van der Waals surface area (Å²) in [6.07, 6.45) is 6.18. The topological polar surface area (TPSA) is 125 Å². The Morgan fingerprint density at radius 3 is 2.51 bits per heavy atom. The van der Waals surface area contributed by atoms with Crippen molar-refractivity contribution in [2.45, 2.75) is 49.7 Å². The SMILES string of the molecule is C[C@@H]1CNC(=O)CC/C=C\[C@H]2O[C@]34C=CCN(c5ccc6ccccc6c5)C(=O)[C@H]3N([C@H](CO)c3ccccc3)C(=O)[C@@H]4[C@H]2C(=O)O1. The number of ether oxygens (including phenoxy) is 2. The highest BCUT2D eigenvalue weighted by Gasteiger charge is 2.72. The molecule has 0 bridgehead atoms. The number of nitrogens with zero attached hydrogens (tertiary/aromatic N) is 2. The average Bonchev–Trinajstić information content (AvgIpc) is 3.47. The molecule has 4 heterocycles. The van der Waals surface area contributed by atoms with Crippen molar-refractivity contribution in [2.75, 3.05) is 24.6 Å². The molecule has 2 fully saturated rings. The molecule has 0 saturated carbocycles. The van der Waals surface area contributed by atoms with Crippen molar-refractivity contribution in [3.8, 4) is 0 Å². The summed E-state index contributed by atoms with van der Waals surface area (Å²) in [6.45, 7) is 1.57. The van der Waals surface area contributed by atoms with Crippen LogP contribution in [0.1, 0.15) is 31.4 Å². The maximum Gasteiger partial charge on any atom is 0.313 e. The zero-order chi connectivity index (χ0) is 32.7. The quantitative estimate of drug-likeness (QED) is 0.332. The predicted molar refractivity (Wildman–Crippen MR) is 174 cm³/mol. The van der Waals surface area contributed by atoms with E-state index in [0.29, 0.717) is 17.7 Å². The molecule has 10 nitrogen and oxygen atoms in total. The first-order valence-electron chi connectivity index (χ1n) is 16.1. The van der Waals surface area contributed by atoms with E-state index < -0.39 is 60.2 Å². The Labute approximate surface area is 272 Å². The van der Waals surface area contributed by atoms with Gasteiger partial charge in [0.15, 0.2) is 0 Å². The van der Waals surface area contributed by atoms with Crippen molar-refractivity contribution < 1.29 is 33.8 Å². The number of aliphatic hydroxyl groups excluding tert-OH is 1. The number of benzene rings is 3. The molecule has 2 N–H and O–H groups in total. The van der Waals surface area contributed by atoms with Crippen molar-refractivity contribution in [1.82, 2.24) is 10.2 Å². The molecule has 1 spiro atoms. The third kappa shape index (κ3) is 5.31. The van der Waals surface area contributed by atoms with Crippen LogP contribution < -0.4 is 10.2 Å². The summed E-state index contributed by atoms with van der Waals surface area (Å²) in [7, 11) is 0. The molecule has 4 aliphatic rings. The summed E-state index contributed by atoms with van der Waals surface area (Å²) in [5, 5.41) is 15.6. The van der Waals surface area contributed by atoms with Gasteiger partial charge >= 0.3 is 5.97 Å². The fraction of sp³-hybridized carbons (Fsp3) is 0.351. The monoisotopic (exact) mass is 635 g/mol. The minimum atomic E-state index is -1.53. The first-order chi connectivity index (χ1) is 22.8. The van der Waals surface area contributed by atoms with Crippen LogP contribution in [0.3, 0.4) is 0 Å². The summed E-state index contributed by atoms with van der Waals surface area (Å²) in [4.78, 5) is 59.1. The lowest BCUT2D eigenvalue weighted by Gasteiger charge is -2.38. The number of carbonyl (C=O) groups is 4. The normalized spacial score (nSPS) is 30.7. The lowest BCUT2D eigenvalue weighted by molar-refractivity contribution is -0.159. The highest BCUT2D eigenvalue weighted by Crippen LogP contribution is 2.55. The third-order valence-electron chi connectivity index (χ3n) is 9.71. The van der Waals surface area contributed by atoms with Gasteiger partial charge in [0.2, 0.25) is 11.8 Å². The van der Waals surface area contributed by atoms with Crippen LogP contribution in [-0.4, -0.2) is 77.2 Å². The molecule has 4 aliphatic heterocycles. The second-order valence-corrected chi connectivity index (χ2v) is 12.6. The molecule has 3 aromatic carbocycles. The summed E-state index contributed by atoms with van der Waals surface area (Å²) < 4.78 is 12.6. The molecular weight excluding hydrogens is 598 g/mol. The van der Waals surface area contributed by atoms with Crippen molar-refractivity contribution in [3.63, 3.8) is 0 Å². The van der Waals surface area contributed by atoms with Crippen LogP contribution in [-0.2, 0) is 28.7 Å². The summed E-state index contributed by atoms with van der Waals surface area (Å²) in [6, 6.07) is 20.6. The van der Waals surface area contributed by atoms with Crippen LogP contribution in [0.25, 0.3) is 10.8 Å². The zero-order valence-electron chi connectivity index (χ0n) is 26.0. The minimum Gasteiger partial charge on any atom is -0.460 e. The Bertz CT molecular complexity index is 1770. The molecule has 0 aliphatic carbocycles. The van der Waals surface area contributed by atoms with E-state index in [1.807, 2.05) is 66.7 Å². The van der Waals surface area contributed by atoms with Crippen molar-refractivity contribution in [2.24, 2.45) is 11.8 Å². The Kier molecular flexibility index (Phi) is 8.15. The second-order valence-electron chi connectivity index (χ2n) is 12.6. The lowest BCUT2D eigenvalue weighted by atomic mass is 9.78. The molecule has 0 unspecified atom stereocenters. The van der Waals surface area contributed by atoms with Crippen LogP contribution in [0, 0.1) is 11.8 Å². The van der Waals surface area contributed by atoms with E-state index in [2.05, 4.69) is 5.32 Å². The van der Waals surface area contributed by atoms with Crippen molar-refractivity contribution >= 4 is 40.2 Å². The number of aliphatic hydroxyl groups is 1. The van der Waals surface area contributed by atoms with Crippen molar-refractivity contribution in [3.05, 3.63) is 103 Å². The van der Waals surface area contributed by atoms with Gasteiger partial charge in [-0.05, 0) is 41.8 Å². The van der Waals surface area contributed by atoms with Crippen LogP contribution in [0.4, 0.5) is 5.69 Å². The Morgan fingerprint density at radius 1 is 0.957 bits per heavy atom. The molecule has 10 heteroatoms. The highest BCUT2D eigenvalue weighted by atomic mass is 16.6. The van der Waals surface area contributed by atoms with Gasteiger partial charge in [-0.3, -0.25) is 19.2 Å². The Balaban J connectivity index is 1.36. The number of likely N-dealkylation sites (tertiary alicyclic amines) is 1. The smallest absolute Gasteiger partial charge is 0.313 e. The van der Waals surface area contributed by atoms with Gasteiger partial charge in [-0.25, -0.2) is 0 Å². The molecule has 47 heavy (non-hydrogen) atoms. The predicted octanol–water partition coefficient (Wildman–Crippen LogP) is 3.45. The van der Waals surface area contributed by atoms with Crippen LogP contribution in [0.15, 0.2) is 97.1 Å². The number of allylic oxidation sites excluding steroid dienone is 1. The number of esters is 1. The molecule has 242 valence electrons. The second kappa shape index (κ2) is 12.4. The van der Waals surface area contributed by atoms with E-state index in [1.54, 1.807) is 42.2 Å². The van der Waals surface area contributed by atoms with E-state index in [9.17, 15) is 24.3 Å². The number of carbonyl (C=O) groups excluding carboxylic acids is 4. The first-order valence-corrected chi connectivity index (χ1v) is 16.1. The molecular formula is C37H37N3O7. The first kappa shape index (κ1) is 30.8. The molecule has 7 atom stereocenters. The number of hydrogen-bond donors (Lipinski definition) is 2. The molecule has 3 aromatic rings. The molecule has 0 aromatic heterocycles. The van der Waals surface area contributed by atoms with Gasteiger partial charge in [-0.2, -0.15) is 0 Å². The van der Waals surface area contributed by atoms with E-state index in [-0.39, 0.29) is 31.3 Å². The van der Waals surface area contributed by atoms with Crippen molar-refractivity contribution in [1.29, 1.82) is 0 Å². The number of fused-ring (bicyclic) bond motifs is 3. The van der Waals surface area contributed by atoms with Crippen LogP contribution in [0.5, 0.6) is 0 Å². The van der Waals surface area contributed by atoms with E-state index in [1.165, 1.54) is 4.90 Å². The fourth-order valence-electron chi connectivity index (χ4n) is 7.54. The maximum atomic E-state index is 15.0. The van der Waals surface area contributed by atoms with E-state index in [4.69, 9.17) is 9.47 Å². The fourth-order valence-corrected chi connectivity index (χ4v) is 7.54. The number of amides is 3. The van der Waals surface area contributed by atoms with Crippen LogP contribution >= 0.6 is 0 Å². The summed E-state index contributed by atoms with van der Waals surface area (Å²) in [5.74, 6) is -3.83. The number of anilines is 1. The van der Waals surface area contributed by atoms with Crippen LogP contribution in [0.2, 0.25) is 0 Å². The van der Waals surface area contributed by atoms with Gasteiger partial charge in [-0.15, -0.1) is 0 Å². The number of nitrogens with one attached hydrogen (secondary N) is 1. The molecule has 0 radical (unpaired) electrons. The Morgan fingerprint density at radius 2 is 1.72 bits per heavy atom. The van der Waals surface area contributed by atoms with Gasteiger partial charge in [0, 0.05) is 18.7 Å². The number of hydrogen-bond acceptors (Lipinski definition) is 7. The molecule has 2 saturated heterocycles. The third-order valence-corrected chi connectivity index (χ3v) is 9.71. The highest BCUT2D eigenvalue weighted by molar-refractivity contribution is 6.06. The Hall–Kier alpha value is -4.80. The largest absolute Gasteiger partial charge is 0.460 e. The maximum absolute atomic E-state index is 15.0. The lowest BCUT2D eigenvalue weighted by Crippen LogP contribution is -2.56. The van der Waals surface area contributed by atoms with E-state index in [0.717, 1.165) is 10.8 Å².